The molecule has 2 unspecified atom stereocenters. The fourth-order valence-electron chi connectivity index (χ4n) is 7.12. The Kier molecular flexibility index (Phi) is 7.97. The summed E-state index contributed by atoms with van der Waals surface area (Å²) in [5.41, 5.74) is 8.53. The summed E-state index contributed by atoms with van der Waals surface area (Å²) in [6.45, 7) is 11.0. The lowest BCUT2D eigenvalue weighted by Crippen LogP contribution is -2.44. The van der Waals surface area contributed by atoms with E-state index in [9.17, 15) is 0 Å². The number of nitrogens with zero attached hydrogens (tertiary/aromatic N) is 3. The van der Waals surface area contributed by atoms with Crippen molar-refractivity contribution in [3.05, 3.63) is 135 Å². The fraction of sp³-hybridized carbons (Fsp3) is 0.250. The molecule has 0 fully saturated rings. The smallest absolute Gasteiger partial charge is 0.231 e. The molecule has 0 spiro atoms. The standard InChI is InChI=1S/C40H39N3OS/c1-25-37-27(3)44-36-23-11-7-10-21-33(36)39(37)42-40(41-25)43-26(2)34(24-30-18-12-15-22-35(30)43)31-19-13-14-20-32(31)38(28(4)45-5)29-16-8-6-9-17-29/h6-10,12-20,22,26,28H,1,11,21,23-24H2,2-5H3/b34-31-,38-32+. The Balaban J connectivity index is 1.50. The molecule has 1 aromatic heterocycles. The second-order valence-electron chi connectivity index (χ2n) is 12.0. The molecule has 0 N–H and O–H groups in total. The molecule has 226 valence electrons. The van der Waals surface area contributed by atoms with E-state index in [-0.39, 0.29) is 6.04 Å². The first-order valence-electron chi connectivity index (χ1n) is 15.9. The van der Waals surface area contributed by atoms with Crippen molar-refractivity contribution >= 4 is 52.5 Å². The summed E-state index contributed by atoms with van der Waals surface area (Å²) < 4.78 is 6.33. The summed E-state index contributed by atoms with van der Waals surface area (Å²) in [6.07, 6.45) is 10.2. The molecule has 3 aliphatic rings. The lowest BCUT2D eigenvalue weighted by atomic mass is 9.88. The van der Waals surface area contributed by atoms with Gasteiger partial charge in [-0.15, -0.1) is 0 Å². The number of allylic oxidation sites excluding steroid dienone is 4. The van der Waals surface area contributed by atoms with E-state index in [2.05, 4.69) is 123 Å². The summed E-state index contributed by atoms with van der Waals surface area (Å²) >= 11 is 1.89. The van der Waals surface area contributed by atoms with Gasteiger partial charge >= 0.3 is 0 Å². The SMILES string of the molecule is C=c1nc(N2c3ccccc3C/C(=c3\cccc\c3=C(/c3ccccc3)C(C)SC)C2C)nc2c1=C(C)OC1=C2CC=CCC1. The second-order valence-corrected chi connectivity index (χ2v) is 13.2. The van der Waals surface area contributed by atoms with Gasteiger partial charge < -0.3 is 9.64 Å². The molecule has 2 atom stereocenters. The summed E-state index contributed by atoms with van der Waals surface area (Å²) in [4.78, 5) is 12.8. The molecule has 0 bridgehead atoms. The van der Waals surface area contributed by atoms with Crippen LogP contribution in [0.2, 0.25) is 0 Å². The van der Waals surface area contributed by atoms with Gasteiger partial charge in [0.15, 0.2) is 0 Å². The largest absolute Gasteiger partial charge is 0.465 e. The van der Waals surface area contributed by atoms with Crippen LogP contribution in [0.3, 0.4) is 0 Å². The van der Waals surface area contributed by atoms with E-state index in [4.69, 9.17) is 14.7 Å². The first-order chi connectivity index (χ1) is 22.0. The Labute approximate surface area is 269 Å². The molecule has 4 nitrogen and oxygen atoms in total. The van der Waals surface area contributed by atoms with Gasteiger partial charge in [0.25, 0.3) is 0 Å². The van der Waals surface area contributed by atoms with Crippen molar-refractivity contribution in [1.29, 1.82) is 0 Å². The van der Waals surface area contributed by atoms with Gasteiger partial charge in [0, 0.05) is 22.9 Å². The Morgan fingerprint density at radius 2 is 1.73 bits per heavy atom. The van der Waals surface area contributed by atoms with Gasteiger partial charge in [-0.25, -0.2) is 9.97 Å². The lowest BCUT2D eigenvalue weighted by Gasteiger charge is -2.38. The average Bonchev–Trinajstić information content (AvgIpc) is 3.31. The van der Waals surface area contributed by atoms with Crippen molar-refractivity contribution in [3.63, 3.8) is 0 Å². The molecule has 0 saturated carbocycles. The normalized spacial score (nSPS) is 20.0. The van der Waals surface area contributed by atoms with Gasteiger partial charge in [-0.1, -0.05) is 91.5 Å². The molecule has 0 saturated heterocycles. The minimum Gasteiger partial charge on any atom is -0.465 e. The zero-order chi connectivity index (χ0) is 31.1. The predicted octanol–water partition coefficient (Wildman–Crippen LogP) is 6.38. The number of hydrogen-bond acceptors (Lipinski definition) is 5. The van der Waals surface area contributed by atoms with Gasteiger partial charge in [0.05, 0.1) is 22.3 Å². The fourth-order valence-corrected chi connectivity index (χ4v) is 7.62. The van der Waals surface area contributed by atoms with Crippen LogP contribution in [0.1, 0.15) is 56.9 Å². The third-order valence-corrected chi connectivity index (χ3v) is 10.3. The Bertz CT molecular complexity index is 2100. The van der Waals surface area contributed by atoms with Crippen molar-refractivity contribution in [1.82, 2.24) is 9.97 Å². The zero-order valence-corrected chi connectivity index (χ0v) is 27.3. The molecule has 2 aliphatic heterocycles. The summed E-state index contributed by atoms with van der Waals surface area (Å²) in [7, 11) is 0. The minimum atomic E-state index is 0.0208. The molecule has 45 heavy (non-hydrogen) atoms. The predicted molar refractivity (Wildman–Crippen MR) is 190 cm³/mol. The summed E-state index contributed by atoms with van der Waals surface area (Å²) in [6, 6.07) is 28.5. The van der Waals surface area contributed by atoms with E-state index < -0.39 is 0 Å². The number of anilines is 2. The number of rotatable bonds is 4. The van der Waals surface area contributed by atoms with Gasteiger partial charge in [-0.05, 0) is 85.1 Å². The molecule has 3 aromatic carbocycles. The van der Waals surface area contributed by atoms with E-state index >= 15 is 0 Å². The number of hydrogen-bond donors (Lipinski definition) is 0. The molecule has 5 heteroatoms. The van der Waals surface area contributed by atoms with Crippen molar-refractivity contribution in [2.45, 2.75) is 57.7 Å². The van der Waals surface area contributed by atoms with Gasteiger partial charge in [0.1, 0.15) is 11.5 Å². The van der Waals surface area contributed by atoms with Crippen LogP contribution < -0.4 is 25.9 Å². The molecule has 7 rings (SSSR count). The molecule has 0 amide bonds. The van der Waals surface area contributed by atoms with Crippen LogP contribution >= 0.6 is 11.8 Å². The quantitative estimate of drug-likeness (QED) is 0.251. The topological polar surface area (TPSA) is 38.2 Å². The molecule has 0 radical (unpaired) electrons. The highest BCUT2D eigenvalue weighted by atomic mass is 32.2. The van der Waals surface area contributed by atoms with Crippen LogP contribution in [0.15, 0.2) is 96.8 Å². The van der Waals surface area contributed by atoms with Crippen LogP contribution in [-0.4, -0.2) is 27.5 Å². The van der Waals surface area contributed by atoms with E-state index in [1.807, 2.05) is 18.7 Å². The van der Waals surface area contributed by atoms with Gasteiger partial charge in [-0.2, -0.15) is 11.8 Å². The maximum absolute atomic E-state index is 6.33. The first kappa shape index (κ1) is 29.4. The monoisotopic (exact) mass is 609 g/mol. The number of para-hydroxylation sites is 1. The Morgan fingerprint density at radius 1 is 0.978 bits per heavy atom. The van der Waals surface area contributed by atoms with E-state index in [1.54, 1.807) is 0 Å². The van der Waals surface area contributed by atoms with Crippen molar-refractivity contribution in [3.8, 4) is 0 Å². The third-order valence-electron chi connectivity index (χ3n) is 9.40. The minimum absolute atomic E-state index is 0.0208. The zero-order valence-electron chi connectivity index (χ0n) is 26.5. The van der Waals surface area contributed by atoms with Crippen molar-refractivity contribution in [2.24, 2.45) is 0 Å². The lowest BCUT2D eigenvalue weighted by molar-refractivity contribution is 0.352. The molecular formula is C40H39N3OS. The molecular weight excluding hydrogens is 571 g/mol. The maximum atomic E-state index is 6.33. The Hall–Kier alpha value is -4.35. The third kappa shape index (κ3) is 5.23. The first-order valence-corrected chi connectivity index (χ1v) is 17.2. The second kappa shape index (κ2) is 12.2. The number of thioether (sulfide) groups is 1. The van der Waals surface area contributed by atoms with Crippen LogP contribution in [-0.2, 0) is 11.2 Å². The van der Waals surface area contributed by atoms with Crippen LogP contribution in [0.4, 0.5) is 11.6 Å². The molecule has 3 heterocycles. The molecule has 1 aliphatic carbocycles. The Morgan fingerprint density at radius 3 is 2.56 bits per heavy atom. The van der Waals surface area contributed by atoms with E-state index in [0.29, 0.717) is 16.5 Å². The number of ether oxygens (including phenoxy) is 1. The van der Waals surface area contributed by atoms with E-state index in [0.717, 1.165) is 59.4 Å². The maximum Gasteiger partial charge on any atom is 0.231 e. The molecule has 4 aromatic rings. The van der Waals surface area contributed by atoms with Crippen LogP contribution in [0.5, 0.6) is 0 Å². The van der Waals surface area contributed by atoms with E-state index in [1.165, 1.54) is 32.7 Å². The summed E-state index contributed by atoms with van der Waals surface area (Å²) in [5, 5.41) is 4.53. The van der Waals surface area contributed by atoms with Gasteiger partial charge in [-0.3, -0.25) is 0 Å². The number of fused-ring (bicyclic) bond motifs is 3. The van der Waals surface area contributed by atoms with Crippen molar-refractivity contribution < 1.29 is 4.74 Å². The highest BCUT2D eigenvalue weighted by Crippen LogP contribution is 2.38. The van der Waals surface area contributed by atoms with Crippen LogP contribution in [0, 0.1) is 0 Å². The van der Waals surface area contributed by atoms with Crippen LogP contribution in [0.25, 0.3) is 29.1 Å². The summed E-state index contributed by atoms with van der Waals surface area (Å²) in [5.74, 6) is 2.55. The average molecular weight is 610 g/mol. The highest BCUT2D eigenvalue weighted by Gasteiger charge is 2.32. The van der Waals surface area contributed by atoms with Gasteiger partial charge in [0.2, 0.25) is 5.95 Å². The highest BCUT2D eigenvalue weighted by molar-refractivity contribution is 7.99. The van der Waals surface area contributed by atoms with Crippen molar-refractivity contribution in [2.75, 3.05) is 11.2 Å². The number of aromatic nitrogens is 2. The number of benzene rings is 3.